The lowest BCUT2D eigenvalue weighted by Crippen LogP contribution is -2.25. The van der Waals surface area contributed by atoms with Crippen molar-refractivity contribution in [2.24, 2.45) is 0 Å². The van der Waals surface area contributed by atoms with Gasteiger partial charge in [0.15, 0.2) is 0 Å². The number of aliphatic hydroxyl groups excluding tert-OH is 1. The summed E-state index contributed by atoms with van der Waals surface area (Å²) in [4.78, 5) is 17.6. The Morgan fingerprint density at radius 2 is 1.96 bits per heavy atom. The van der Waals surface area contributed by atoms with Gasteiger partial charge in [0.05, 0.1) is 12.5 Å². The van der Waals surface area contributed by atoms with Gasteiger partial charge >= 0.3 is 0 Å². The van der Waals surface area contributed by atoms with E-state index in [1.165, 1.54) is 5.56 Å². The van der Waals surface area contributed by atoms with Gasteiger partial charge in [0.25, 0.3) is 0 Å². The summed E-state index contributed by atoms with van der Waals surface area (Å²) in [6.45, 7) is 2.97. The van der Waals surface area contributed by atoms with Crippen molar-refractivity contribution in [3.8, 4) is 11.6 Å². The van der Waals surface area contributed by atoms with Crippen LogP contribution in [0.5, 0.6) is 11.6 Å². The van der Waals surface area contributed by atoms with Gasteiger partial charge in [0, 0.05) is 25.4 Å². The summed E-state index contributed by atoms with van der Waals surface area (Å²) in [5.74, 6) is 1.25. The molecule has 0 saturated carbocycles. The summed E-state index contributed by atoms with van der Waals surface area (Å²) >= 11 is 0. The van der Waals surface area contributed by atoms with Crippen LogP contribution in [0.1, 0.15) is 24.5 Å². The van der Waals surface area contributed by atoms with Gasteiger partial charge in [0.1, 0.15) is 5.75 Å². The highest BCUT2D eigenvalue weighted by Gasteiger charge is 2.27. The SMILES string of the molecule is CCc1ccc(Oc2ccc(CN3C[C@@H](O)CC3=O)cn2)cc1. The third-order valence-corrected chi connectivity index (χ3v) is 3.92. The number of nitrogens with zero attached hydrogens (tertiary/aromatic N) is 2. The van der Waals surface area contributed by atoms with Crippen molar-refractivity contribution in [1.82, 2.24) is 9.88 Å². The Hall–Kier alpha value is -2.40. The van der Waals surface area contributed by atoms with E-state index in [1.54, 1.807) is 17.2 Å². The van der Waals surface area contributed by atoms with E-state index in [1.807, 2.05) is 30.3 Å². The van der Waals surface area contributed by atoms with E-state index >= 15 is 0 Å². The fourth-order valence-electron chi connectivity index (χ4n) is 2.60. The van der Waals surface area contributed by atoms with Crippen LogP contribution in [0.2, 0.25) is 0 Å². The fraction of sp³-hybridized carbons (Fsp3) is 0.333. The summed E-state index contributed by atoms with van der Waals surface area (Å²) in [5.41, 5.74) is 2.18. The first kappa shape index (κ1) is 15.5. The van der Waals surface area contributed by atoms with Crippen molar-refractivity contribution in [2.45, 2.75) is 32.4 Å². The van der Waals surface area contributed by atoms with Gasteiger partial charge in [-0.2, -0.15) is 0 Å². The first-order valence-corrected chi connectivity index (χ1v) is 7.81. The zero-order chi connectivity index (χ0) is 16.2. The lowest BCUT2D eigenvalue weighted by molar-refractivity contribution is -0.128. The quantitative estimate of drug-likeness (QED) is 0.921. The number of aromatic nitrogens is 1. The maximum absolute atomic E-state index is 11.7. The molecule has 3 rings (SSSR count). The number of carbonyl (C=O) groups is 1. The van der Waals surface area contributed by atoms with Crippen LogP contribution >= 0.6 is 0 Å². The van der Waals surface area contributed by atoms with Crippen molar-refractivity contribution in [2.75, 3.05) is 6.54 Å². The number of β-amino-alcohol motifs (C(OH)–C–C–N with tert-alkyl or cyclic N) is 1. The average molecular weight is 312 g/mol. The Morgan fingerprint density at radius 3 is 2.52 bits per heavy atom. The van der Waals surface area contributed by atoms with Crippen LogP contribution < -0.4 is 4.74 Å². The van der Waals surface area contributed by atoms with Gasteiger partial charge < -0.3 is 14.7 Å². The molecule has 1 aliphatic heterocycles. The highest BCUT2D eigenvalue weighted by Crippen LogP contribution is 2.21. The van der Waals surface area contributed by atoms with Crippen molar-refractivity contribution in [3.63, 3.8) is 0 Å². The molecule has 5 heteroatoms. The zero-order valence-electron chi connectivity index (χ0n) is 13.1. The van der Waals surface area contributed by atoms with E-state index in [4.69, 9.17) is 4.74 Å². The van der Waals surface area contributed by atoms with Crippen molar-refractivity contribution in [3.05, 3.63) is 53.7 Å². The number of aryl methyl sites for hydroxylation is 1. The van der Waals surface area contributed by atoms with E-state index in [2.05, 4.69) is 11.9 Å². The summed E-state index contributed by atoms with van der Waals surface area (Å²) in [6.07, 6.45) is 2.36. The van der Waals surface area contributed by atoms with Crippen LogP contribution in [0.25, 0.3) is 0 Å². The predicted octanol–water partition coefficient (Wildman–Crippen LogP) is 2.53. The van der Waals surface area contributed by atoms with Crippen LogP contribution in [0.15, 0.2) is 42.6 Å². The van der Waals surface area contributed by atoms with Crippen LogP contribution in [0, 0.1) is 0 Å². The van der Waals surface area contributed by atoms with E-state index in [9.17, 15) is 9.90 Å². The monoisotopic (exact) mass is 312 g/mol. The van der Waals surface area contributed by atoms with Gasteiger partial charge in [-0.25, -0.2) is 4.98 Å². The Kier molecular flexibility index (Phi) is 4.57. The standard InChI is InChI=1S/C18H20N2O3/c1-2-13-3-6-16(7-4-13)23-17-8-5-14(10-19-17)11-20-12-15(21)9-18(20)22/h3-8,10,15,21H,2,9,11-12H2,1H3/t15-/m0/s1. The molecule has 0 radical (unpaired) electrons. The number of ether oxygens (including phenoxy) is 1. The topological polar surface area (TPSA) is 62.7 Å². The maximum atomic E-state index is 11.7. The number of aliphatic hydroxyl groups is 1. The Bertz CT molecular complexity index is 668. The first-order chi connectivity index (χ1) is 11.1. The van der Waals surface area contributed by atoms with Crippen LogP contribution in [-0.2, 0) is 17.8 Å². The molecule has 1 aromatic heterocycles. The molecule has 2 aromatic rings. The second-order valence-corrected chi connectivity index (χ2v) is 5.74. The third kappa shape index (κ3) is 3.87. The minimum atomic E-state index is -0.552. The molecule has 0 bridgehead atoms. The Labute approximate surface area is 135 Å². The van der Waals surface area contributed by atoms with Gasteiger partial charge in [0.2, 0.25) is 11.8 Å². The molecule has 0 unspecified atom stereocenters. The molecule has 1 N–H and O–H groups in total. The predicted molar refractivity (Wildman–Crippen MR) is 86.2 cm³/mol. The molecule has 1 aromatic carbocycles. The number of hydrogen-bond donors (Lipinski definition) is 1. The van der Waals surface area contributed by atoms with Gasteiger partial charge in [-0.05, 0) is 29.7 Å². The molecule has 1 atom stereocenters. The molecule has 1 fully saturated rings. The summed E-state index contributed by atoms with van der Waals surface area (Å²) in [5, 5.41) is 9.50. The highest BCUT2D eigenvalue weighted by atomic mass is 16.5. The molecule has 2 heterocycles. The van der Waals surface area contributed by atoms with E-state index in [-0.39, 0.29) is 12.3 Å². The number of benzene rings is 1. The molecule has 23 heavy (non-hydrogen) atoms. The van der Waals surface area contributed by atoms with Crippen LogP contribution in [0.3, 0.4) is 0 Å². The molecule has 1 saturated heterocycles. The van der Waals surface area contributed by atoms with E-state index < -0.39 is 6.10 Å². The number of pyridine rings is 1. The minimum absolute atomic E-state index is 0.0196. The Balaban J connectivity index is 1.61. The molecule has 5 nitrogen and oxygen atoms in total. The van der Waals surface area contributed by atoms with Crippen molar-refractivity contribution in [1.29, 1.82) is 0 Å². The first-order valence-electron chi connectivity index (χ1n) is 7.81. The van der Waals surface area contributed by atoms with Crippen LogP contribution in [-0.4, -0.2) is 33.5 Å². The van der Waals surface area contributed by atoms with Gasteiger partial charge in [-0.3, -0.25) is 4.79 Å². The molecule has 1 amide bonds. The minimum Gasteiger partial charge on any atom is -0.439 e. The highest BCUT2D eigenvalue weighted by molar-refractivity contribution is 5.78. The second-order valence-electron chi connectivity index (χ2n) is 5.74. The largest absolute Gasteiger partial charge is 0.439 e. The lowest BCUT2D eigenvalue weighted by atomic mass is 10.2. The molecular weight excluding hydrogens is 292 g/mol. The molecule has 120 valence electrons. The zero-order valence-corrected chi connectivity index (χ0v) is 13.1. The normalized spacial score (nSPS) is 17.6. The number of likely N-dealkylation sites (tertiary alicyclic amines) is 1. The third-order valence-electron chi connectivity index (χ3n) is 3.92. The van der Waals surface area contributed by atoms with Crippen molar-refractivity contribution >= 4 is 5.91 Å². The average Bonchev–Trinajstić information content (AvgIpc) is 2.87. The smallest absolute Gasteiger partial charge is 0.225 e. The number of hydrogen-bond acceptors (Lipinski definition) is 4. The number of carbonyl (C=O) groups excluding carboxylic acids is 1. The maximum Gasteiger partial charge on any atom is 0.225 e. The number of amides is 1. The summed E-state index contributed by atoms with van der Waals surface area (Å²) in [7, 11) is 0. The molecule has 0 spiro atoms. The fourth-order valence-corrected chi connectivity index (χ4v) is 2.60. The van der Waals surface area contributed by atoms with Gasteiger partial charge in [-0.1, -0.05) is 25.1 Å². The second kappa shape index (κ2) is 6.79. The van der Waals surface area contributed by atoms with Crippen molar-refractivity contribution < 1.29 is 14.6 Å². The van der Waals surface area contributed by atoms with E-state index in [0.29, 0.717) is 19.0 Å². The molecule has 0 aliphatic carbocycles. The molecule has 1 aliphatic rings. The Morgan fingerprint density at radius 1 is 1.22 bits per heavy atom. The van der Waals surface area contributed by atoms with Gasteiger partial charge in [-0.15, -0.1) is 0 Å². The summed E-state index contributed by atoms with van der Waals surface area (Å²) < 4.78 is 5.71. The lowest BCUT2D eigenvalue weighted by Gasteiger charge is -2.15. The molecular formula is C18H20N2O3. The van der Waals surface area contributed by atoms with Crippen LogP contribution in [0.4, 0.5) is 0 Å². The van der Waals surface area contributed by atoms with E-state index in [0.717, 1.165) is 17.7 Å². The summed E-state index contributed by atoms with van der Waals surface area (Å²) in [6, 6.07) is 11.6. The number of rotatable bonds is 5.